The van der Waals surface area contributed by atoms with Gasteiger partial charge in [0.1, 0.15) is 0 Å². The highest BCUT2D eigenvalue weighted by Crippen LogP contribution is 2.16. The van der Waals surface area contributed by atoms with Crippen LogP contribution in [0.2, 0.25) is 0 Å². The summed E-state index contributed by atoms with van der Waals surface area (Å²) in [6.45, 7) is 0. The molecule has 0 atom stereocenters. The van der Waals surface area contributed by atoms with Gasteiger partial charge in [-0.05, 0) is 17.5 Å². The summed E-state index contributed by atoms with van der Waals surface area (Å²) in [6.07, 6.45) is 4.36. The van der Waals surface area contributed by atoms with Crippen molar-refractivity contribution in [2.75, 3.05) is 5.88 Å². The Morgan fingerprint density at radius 2 is 2.20 bits per heavy atom. The first-order valence-electron chi connectivity index (χ1n) is 4.79. The first kappa shape index (κ1) is 10.0. The van der Waals surface area contributed by atoms with Gasteiger partial charge in [0.15, 0.2) is 0 Å². The van der Waals surface area contributed by atoms with Crippen molar-refractivity contribution >= 4 is 22.4 Å². The van der Waals surface area contributed by atoms with Crippen molar-refractivity contribution in [2.45, 2.75) is 6.42 Å². The van der Waals surface area contributed by atoms with E-state index in [2.05, 4.69) is 22.9 Å². The molecule has 0 fully saturated rings. The van der Waals surface area contributed by atoms with Crippen LogP contribution in [0.5, 0.6) is 0 Å². The molecule has 0 amide bonds. The predicted molar refractivity (Wildman–Crippen MR) is 64.0 cm³/mol. The van der Waals surface area contributed by atoms with E-state index in [9.17, 15) is 0 Å². The zero-order valence-corrected chi connectivity index (χ0v) is 8.96. The van der Waals surface area contributed by atoms with Crippen LogP contribution in [0.4, 0.5) is 0 Å². The summed E-state index contributed by atoms with van der Waals surface area (Å²) in [6, 6.07) is 8.06. The quantitative estimate of drug-likeness (QED) is 0.526. The van der Waals surface area contributed by atoms with Gasteiger partial charge in [-0.25, -0.2) is 0 Å². The number of benzene rings is 1. The Balaban J connectivity index is 2.48. The van der Waals surface area contributed by atoms with Gasteiger partial charge in [0.25, 0.3) is 0 Å². The number of hydrogen-bond donors (Lipinski definition) is 0. The van der Waals surface area contributed by atoms with E-state index in [-0.39, 0.29) is 0 Å². The van der Waals surface area contributed by atoms with Crippen LogP contribution in [-0.2, 0) is 0 Å². The van der Waals surface area contributed by atoms with Crippen LogP contribution >= 0.6 is 11.6 Å². The Kier molecular flexibility index (Phi) is 3.22. The van der Waals surface area contributed by atoms with E-state index in [1.54, 1.807) is 6.20 Å². The summed E-state index contributed by atoms with van der Waals surface area (Å²) in [4.78, 5) is 4.11. The molecule has 0 unspecified atom stereocenters. The topological polar surface area (TPSA) is 12.9 Å². The Morgan fingerprint density at radius 3 is 3.07 bits per heavy atom. The zero-order valence-electron chi connectivity index (χ0n) is 8.20. The number of aromatic nitrogens is 1. The first-order valence-corrected chi connectivity index (χ1v) is 5.33. The van der Waals surface area contributed by atoms with Crippen LogP contribution < -0.4 is 0 Å². The molecule has 0 aliphatic rings. The van der Waals surface area contributed by atoms with Gasteiger partial charge in [-0.1, -0.05) is 24.0 Å². The highest BCUT2D eigenvalue weighted by atomic mass is 35.5. The second-order valence-electron chi connectivity index (χ2n) is 3.14. The summed E-state index contributed by atoms with van der Waals surface area (Å²) in [5.74, 6) is 6.73. The average molecular weight is 216 g/mol. The zero-order chi connectivity index (χ0) is 10.5. The van der Waals surface area contributed by atoms with E-state index in [4.69, 9.17) is 11.6 Å². The van der Waals surface area contributed by atoms with Crippen LogP contribution in [0.15, 0.2) is 36.7 Å². The molecule has 2 heteroatoms. The Hall–Kier alpha value is -1.52. The second-order valence-corrected chi connectivity index (χ2v) is 3.52. The third kappa shape index (κ3) is 2.29. The molecule has 2 aromatic rings. The van der Waals surface area contributed by atoms with Gasteiger partial charge in [0.2, 0.25) is 0 Å². The number of fused-ring (bicyclic) bond motifs is 1. The summed E-state index contributed by atoms with van der Waals surface area (Å²) < 4.78 is 0. The molecule has 0 aliphatic heterocycles. The summed E-state index contributed by atoms with van der Waals surface area (Å²) in [5, 5.41) is 2.27. The minimum Gasteiger partial charge on any atom is -0.264 e. The van der Waals surface area contributed by atoms with Crippen molar-refractivity contribution in [1.82, 2.24) is 4.98 Å². The fraction of sp³-hybridized carbons (Fsp3) is 0.154. The molecule has 0 saturated heterocycles. The molecule has 0 N–H and O–H groups in total. The first-order chi connectivity index (χ1) is 7.42. The lowest BCUT2D eigenvalue weighted by Crippen LogP contribution is -1.81. The van der Waals surface area contributed by atoms with E-state index in [1.165, 1.54) is 5.39 Å². The molecule has 0 aliphatic carbocycles. The van der Waals surface area contributed by atoms with Crippen LogP contribution in [0.1, 0.15) is 12.0 Å². The average Bonchev–Trinajstić information content (AvgIpc) is 2.30. The van der Waals surface area contributed by atoms with E-state index in [1.807, 2.05) is 24.4 Å². The maximum absolute atomic E-state index is 5.57. The lowest BCUT2D eigenvalue weighted by molar-refractivity contribution is 1.29. The fourth-order valence-corrected chi connectivity index (χ4v) is 1.52. The summed E-state index contributed by atoms with van der Waals surface area (Å²) in [5.41, 5.74) is 1.02. The van der Waals surface area contributed by atoms with Crippen LogP contribution in [0.25, 0.3) is 10.8 Å². The third-order valence-electron chi connectivity index (χ3n) is 2.13. The predicted octanol–water partition coefficient (Wildman–Crippen LogP) is 3.22. The third-order valence-corrected chi connectivity index (χ3v) is 2.32. The fourth-order valence-electron chi connectivity index (χ4n) is 1.43. The highest BCUT2D eigenvalue weighted by Gasteiger charge is 1.96. The van der Waals surface area contributed by atoms with E-state index in [0.717, 1.165) is 17.4 Å². The molecule has 0 spiro atoms. The van der Waals surface area contributed by atoms with Gasteiger partial charge in [-0.3, -0.25) is 4.98 Å². The van der Waals surface area contributed by atoms with Gasteiger partial charge in [0.05, 0.1) is 0 Å². The van der Waals surface area contributed by atoms with Crippen molar-refractivity contribution in [1.29, 1.82) is 0 Å². The number of rotatable bonds is 1. The summed E-state index contributed by atoms with van der Waals surface area (Å²) in [7, 11) is 0. The lowest BCUT2D eigenvalue weighted by atomic mass is 10.1. The molecule has 1 nitrogen and oxygen atoms in total. The molecule has 1 heterocycles. The number of nitrogens with zero attached hydrogens (tertiary/aromatic N) is 1. The molecular formula is C13H10ClN. The molecule has 74 valence electrons. The van der Waals surface area contributed by atoms with Crippen LogP contribution in [0, 0.1) is 11.8 Å². The van der Waals surface area contributed by atoms with E-state index in [0.29, 0.717) is 5.88 Å². The van der Waals surface area contributed by atoms with Crippen molar-refractivity contribution in [2.24, 2.45) is 0 Å². The lowest BCUT2D eigenvalue weighted by Gasteiger charge is -1.98. The standard InChI is InChI=1S/C13H10ClN/c14-8-2-1-4-11-5-3-6-12-7-9-15-10-13(11)12/h3,5-7,9-10H,2,8H2. The minimum absolute atomic E-state index is 0.579. The van der Waals surface area contributed by atoms with Gasteiger partial charge < -0.3 is 0 Å². The minimum atomic E-state index is 0.579. The molecule has 15 heavy (non-hydrogen) atoms. The van der Waals surface area contributed by atoms with E-state index >= 15 is 0 Å². The summed E-state index contributed by atoms with van der Waals surface area (Å²) >= 11 is 5.57. The number of pyridine rings is 1. The Labute approximate surface area is 94.1 Å². The number of hydrogen-bond acceptors (Lipinski definition) is 1. The molecule has 0 bridgehead atoms. The number of alkyl halides is 1. The largest absolute Gasteiger partial charge is 0.264 e. The maximum Gasteiger partial charge on any atom is 0.0358 e. The van der Waals surface area contributed by atoms with Crippen molar-refractivity contribution < 1.29 is 0 Å². The monoisotopic (exact) mass is 215 g/mol. The molecule has 0 saturated carbocycles. The normalized spacial score (nSPS) is 9.67. The van der Waals surface area contributed by atoms with Gasteiger partial charge >= 0.3 is 0 Å². The molecule has 2 rings (SSSR count). The molecule has 1 aromatic carbocycles. The van der Waals surface area contributed by atoms with Gasteiger partial charge in [-0.2, -0.15) is 0 Å². The van der Waals surface area contributed by atoms with Gasteiger partial charge in [-0.15, -0.1) is 11.6 Å². The van der Waals surface area contributed by atoms with Crippen LogP contribution in [-0.4, -0.2) is 10.9 Å². The number of halogens is 1. The molecule has 1 aromatic heterocycles. The van der Waals surface area contributed by atoms with Crippen molar-refractivity contribution in [3.63, 3.8) is 0 Å². The van der Waals surface area contributed by atoms with Gasteiger partial charge in [0, 0.05) is 35.6 Å². The molecular weight excluding hydrogens is 206 g/mol. The molecule has 0 radical (unpaired) electrons. The Morgan fingerprint density at radius 1 is 1.27 bits per heavy atom. The smallest absolute Gasteiger partial charge is 0.0358 e. The second kappa shape index (κ2) is 4.82. The van der Waals surface area contributed by atoms with Crippen LogP contribution in [0.3, 0.4) is 0 Å². The Bertz CT molecular complexity index is 517. The van der Waals surface area contributed by atoms with Crippen molar-refractivity contribution in [3.8, 4) is 11.8 Å². The van der Waals surface area contributed by atoms with E-state index < -0.39 is 0 Å². The van der Waals surface area contributed by atoms with Crippen molar-refractivity contribution in [3.05, 3.63) is 42.2 Å². The highest BCUT2D eigenvalue weighted by molar-refractivity contribution is 6.18. The maximum atomic E-state index is 5.57. The SMILES string of the molecule is ClCCC#Cc1cccc2ccncc12.